The van der Waals surface area contributed by atoms with Crippen molar-refractivity contribution >= 4 is 40.6 Å². The Hall–Kier alpha value is -3.51. The number of benzene rings is 2. The molecule has 1 heterocycles. The quantitative estimate of drug-likeness (QED) is 0.339. The Bertz CT molecular complexity index is 1210. The van der Waals surface area contributed by atoms with Gasteiger partial charge < -0.3 is 20.1 Å². The molecule has 0 fully saturated rings. The van der Waals surface area contributed by atoms with Crippen molar-refractivity contribution in [2.24, 2.45) is 0 Å². The van der Waals surface area contributed by atoms with Crippen molar-refractivity contribution in [1.29, 1.82) is 0 Å². The van der Waals surface area contributed by atoms with Gasteiger partial charge in [0.05, 0.1) is 26.1 Å². The minimum atomic E-state index is -0.236. The molecule has 1 amide bonds. The van der Waals surface area contributed by atoms with Gasteiger partial charge in [-0.2, -0.15) is 0 Å². The number of amides is 1. The molecule has 0 aliphatic heterocycles. The van der Waals surface area contributed by atoms with Crippen LogP contribution in [-0.2, 0) is 17.6 Å². The molecule has 178 valence electrons. The zero-order valence-corrected chi connectivity index (χ0v) is 20.9. The lowest BCUT2D eigenvalue weighted by Gasteiger charge is -2.15. The second-order valence-electron chi connectivity index (χ2n) is 7.75. The Balaban J connectivity index is 1.81. The number of nitrogens with one attached hydrogen (secondary N) is 2. The zero-order valence-electron chi connectivity index (χ0n) is 20.2. The third-order valence-corrected chi connectivity index (χ3v) is 5.86. The number of pyridine rings is 1. The van der Waals surface area contributed by atoms with Crippen LogP contribution in [0.2, 0.25) is 5.02 Å². The fourth-order valence-corrected chi connectivity index (χ4v) is 4.02. The fourth-order valence-electron chi connectivity index (χ4n) is 3.73. The largest absolute Gasteiger partial charge is 0.493 e. The van der Waals surface area contributed by atoms with Gasteiger partial charge in [-0.15, -0.1) is 0 Å². The lowest BCUT2D eigenvalue weighted by Crippen LogP contribution is -2.10. The molecule has 0 atom stereocenters. The minimum Gasteiger partial charge on any atom is -0.493 e. The van der Waals surface area contributed by atoms with Crippen LogP contribution in [0.4, 0.5) is 17.1 Å². The van der Waals surface area contributed by atoms with Crippen molar-refractivity contribution in [3.63, 3.8) is 0 Å². The third-order valence-electron chi connectivity index (χ3n) is 5.50. The topological polar surface area (TPSA) is 72.5 Å². The molecule has 2 N–H and O–H groups in total. The van der Waals surface area contributed by atoms with Crippen LogP contribution in [0.5, 0.6) is 11.5 Å². The summed E-state index contributed by atoms with van der Waals surface area (Å²) in [5, 5.41) is 6.96. The molecular formula is C27H30ClN3O3. The van der Waals surface area contributed by atoms with Gasteiger partial charge in [-0.05, 0) is 60.7 Å². The van der Waals surface area contributed by atoms with Gasteiger partial charge in [-0.3, -0.25) is 9.78 Å². The molecule has 0 bridgehead atoms. The van der Waals surface area contributed by atoms with E-state index in [0.29, 0.717) is 16.5 Å². The highest BCUT2D eigenvalue weighted by Crippen LogP contribution is 2.35. The summed E-state index contributed by atoms with van der Waals surface area (Å²) in [6.07, 6.45) is 8.29. The second-order valence-corrected chi connectivity index (χ2v) is 8.15. The molecule has 2 aromatic carbocycles. The van der Waals surface area contributed by atoms with E-state index in [9.17, 15) is 4.79 Å². The zero-order chi connectivity index (χ0) is 24.7. The number of aryl methyl sites for hydroxylation is 3. The SMILES string of the molecule is CCc1cc(CC)c(NC(=O)/C=C/c2ccncc2Nc2cc(C)c(OC)c(OC)c2)cc1Cl. The molecule has 7 heteroatoms. The Morgan fingerprint density at radius 1 is 1.06 bits per heavy atom. The highest BCUT2D eigenvalue weighted by molar-refractivity contribution is 6.31. The monoisotopic (exact) mass is 479 g/mol. The number of hydrogen-bond acceptors (Lipinski definition) is 5. The summed E-state index contributed by atoms with van der Waals surface area (Å²) in [5.74, 6) is 1.08. The number of halogens is 1. The van der Waals surface area contributed by atoms with Crippen LogP contribution in [0.25, 0.3) is 6.08 Å². The number of aromatic nitrogens is 1. The molecule has 0 saturated heterocycles. The van der Waals surface area contributed by atoms with Crippen molar-refractivity contribution in [3.05, 3.63) is 76.1 Å². The summed E-state index contributed by atoms with van der Waals surface area (Å²) < 4.78 is 10.9. The summed E-state index contributed by atoms with van der Waals surface area (Å²) in [5.41, 5.74) is 6.18. The maximum Gasteiger partial charge on any atom is 0.248 e. The van der Waals surface area contributed by atoms with E-state index in [4.69, 9.17) is 21.1 Å². The highest BCUT2D eigenvalue weighted by atomic mass is 35.5. The summed E-state index contributed by atoms with van der Waals surface area (Å²) in [6, 6.07) is 9.53. The van der Waals surface area contributed by atoms with Crippen molar-refractivity contribution in [1.82, 2.24) is 4.98 Å². The van der Waals surface area contributed by atoms with Crippen molar-refractivity contribution in [3.8, 4) is 11.5 Å². The second kappa shape index (κ2) is 11.6. The van der Waals surface area contributed by atoms with Gasteiger partial charge in [0.2, 0.25) is 5.91 Å². The fraction of sp³-hybridized carbons (Fsp3) is 0.259. The van der Waals surface area contributed by atoms with E-state index < -0.39 is 0 Å². The van der Waals surface area contributed by atoms with Gasteiger partial charge >= 0.3 is 0 Å². The van der Waals surface area contributed by atoms with Gasteiger partial charge in [0.1, 0.15) is 0 Å². The molecule has 3 rings (SSSR count). The molecule has 3 aromatic rings. The van der Waals surface area contributed by atoms with Gasteiger partial charge in [0.25, 0.3) is 0 Å². The number of carbonyl (C=O) groups excluding carboxylic acids is 1. The number of hydrogen-bond donors (Lipinski definition) is 2. The van der Waals surface area contributed by atoms with Crippen LogP contribution in [0.3, 0.4) is 0 Å². The first-order valence-corrected chi connectivity index (χ1v) is 11.5. The average molecular weight is 480 g/mol. The number of rotatable bonds is 9. The lowest BCUT2D eigenvalue weighted by molar-refractivity contribution is -0.111. The Labute approximate surface area is 206 Å². The van der Waals surface area contributed by atoms with Crippen LogP contribution < -0.4 is 20.1 Å². The first kappa shape index (κ1) is 25.1. The normalized spacial score (nSPS) is 10.9. The summed E-state index contributed by atoms with van der Waals surface area (Å²) in [7, 11) is 3.22. The van der Waals surface area contributed by atoms with E-state index in [-0.39, 0.29) is 5.91 Å². The maximum absolute atomic E-state index is 12.7. The van der Waals surface area contributed by atoms with E-state index in [2.05, 4.69) is 35.5 Å². The van der Waals surface area contributed by atoms with E-state index in [1.165, 1.54) is 6.08 Å². The third kappa shape index (κ3) is 5.88. The standard InChI is InChI=1S/C27H30ClN3O3/c1-6-18-13-19(7-2)23(15-22(18)28)31-26(32)9-8-20-10-11-29-16-24(20)30-21-12-17(3)27(34-5)25(14-21)33-4/h8-16,30H,6-7H2,1-5H3,(H,31,32)/b9-8+. The number of methoxy groups -OCH3 is 2. The summed E-state index contributed by atoms with van der Waals surface area (Å²) in [4.78, 5) is 16.9. The molecular weight excluding hydrogens is 450 g/mol. The first-order chi connectivity index (χ1) is 16.4. The molecule has 6 nitrogen and oxygen atoms in total. The molecule has 0 aliphatic carbocycles. The number of nitrogens with zero attached hydrogens (tertiary/aromatic N) is 1. The number of ether oxygens (including phenoxy) is 2. The van der Waals surface area contributed by atoms with Crippen molar-refractivity contribution in [2.45, 2.75) is 33.6 Å². The van der Waals surface area contributed by atoms with E-state index in [0.717, 1.165) is 52.2 Å². The molecule has 0 aliphatic rings. The van der Waals surface area contributed by atoms with Gasteiger partial charge in [0.15, 0.2) is 11.5 Å². The molecule has 0 unspecified atom stereocenters. The predicted molar refractivity (Wildman–Crippen MR) is 140 cm³/mol. The van der Waals surface area contributed by atoms with Gasteiger partial charge in [0, 0.05) is 40.3 Å². The van der Waals surface area contributed by atoms with Crippen LogP contribution in [-0.4, -0.2) is 25.1 Å². The molecule has 0 radical (unpaired) electrons. The minimum absolute atomic E-state index is 0.236. The van der Waals surface area contributed by atoms with E-state index >= 15 is 0 Å². The molecule has 34 heavy (non-hydrogen) atoms. The maximum atomic E-state index is 12.7. The summed E-state index contributed by atoms with van der Waals surface area (Å²) in [6.45, 7) is 6.06. The Morgan fingerprint density at radius 3 is 2.50 bits per heavy atom. The number of anilines is 3. The predicted octanol–water partition coefficient (Wildman–Crippen LogP) is 6.58. The van der Waals surface area contributed by atoms with Gasteiger partial charge in [-0.25, -0.2) is 0 Å². The van der Waals surface area contributed by atoms with Crippen LogP contribution in [0.15, 0.2) is 48.8 Å². The average Bonchev–Trinajstić information content (AvgIpc) is 2.83. The lowest BCUT2D eigenvalue weighted by atomic mass is 10.0. The smallest absolute Gasteiger partial charge is 0.248 e. The molecule has 1 aromatic heterocycles. The Morgan fingerprint density at radius 2 is 1.82 bits per heavy atom. The Kier molecular flexibility index (Phi) is 8.55. The van der Waals surface area contributed by atoms with E-state index in [1.54, 1.807) is 32.7 Å². The molecule has 0 spiro atoms. The van der Waals surface area contributed by atoms with E-state index in [1.807, 2.05) is 31.2 Å². The molecule has 0 saturated carbocycles. The van der Waals surface area contributed by atoms with Gasteiger partial charge in [-0.1, -0.05) is 31.5 Å². The van der Waals surface area contributed by atoms with Crippen LogP contribution >= 0.6 is 11.6 Å². The number of carbonyl (C=O) groups is 1. The van der Waals surface area contributed by atoms with Crippen molar-refractivity contribution < 1.29 is 14.3 Å². The summed E-state index contributed by atoms with van der Waals surface area (Å²) >= 11 is 6.36. The first-order valence-electron chi connectivity index (χ1n) is 11.1. The van der Waals surface area contributed by atoms with Crippen LogP contribution in [0, 0.1) is 6.92 Å². The van der Waals surface area contributed by atoms with Crippen LogP contribution in [0.1, 0.15) is 36.1 Å². The van der Waals surface area contributed by atoms with Crippen molar-refractivity contribution in [2.75, 3.05) is 24.9 Å². The highest BCUT2D eigenvalue weighted by Gasteiger charge is 2.11.